The highest BCUT2D eigenvalue weighted by Crippen LogP contribution is 2.49. The Hall–Kier alpha value is -4.18. The summed E-state index contributed by atoms with van der Waals surface area (Å²) in [7, 11) is -4.19. The van der Waals surface area contributed by atoms with E-state index in [0.717, 1.165) is 4.90 Å². The molecular formula is C29H21ClN2O6S. The van der Waals surface area contributed by atoms with Gasteiger partial charge < -0.3 is 4.18 Å². The Morgan fingerprint density at radius 3 is 2.10 bits per heavy atom. The van der Waals surface area contributed by atoms with Crippen LogP contribution in [0.15, 0.2) is 114 Å². The van der Waals surface area contributed by atoms with E-state index in [0.29, 0.717) is 22.0 Å². The quantitative estimate of drug-likeness (QED) is 0.237. The Morgan fingerprint density at radius 1 is 0.744 bits per heavy atom. The summed E-state index contributed by atoms with van der Waals surface area (Å²) in [5.74, 6) is -1.98. The van der Waals surface area contributed by atoms with Crippen molar-refractivity contribution in [1.82, 2.24) is 0 Å². The third-order valence-corrected chi connectivity index (χ3v) is 8.15. The van der Waals surface area contributed by atoms with Crippen LogP contribution in [0, 0.1) is 5.92 Å². The molecule has 2 aliphatic rings. The minimum atomic E-state index is -4.19. The first kappa shape index (κ1) is 25.1. The van der Waals surface area contributed by atoms with Gasteiger partial charge in [0.05, 0.1) is 17.4 Å². The molecule has 4 aromatic rings. The number of anilines is 2. The van der Waals surface area contributed by atoms with Gasteiger partial charge in [0.2, 0.25) is 5.91 Å². The van der Waals surface area contributed by atoms with Crippen LogP contribution in [0.25, 0.3) is 0 Å². The number of hydroxylamine groups is 1. The van der Waals surface area contributed by atoms with Crippen molar-refractivity contribution in [2.45, 2.75) is 17.0 Å². The average molecular weight is 561 g/mol. The number of carbonyl (C=O) groups is 2. The van der Waals surface area contributed by atoms with E-state index in [1.165, 1.54) is 29.3 Å². The van der Waals surface area contributed by atoms with Gasteiger partial charge in [-0.15, -0.1) is 0 Å². The summed E-state index contributed by atoms with van der Waals surface area (Å²) in [6.07, 6.45) is -1.14. The van der Waals surface area contributed by atoms with E-state index >= 15 is 0 Å². The fraction of sp³-hybridized carbons (Fsp3) is 0.103. The van der Waals surface area contributed by atoms with Crippen LogP contribution < -0.4 is 14.1 Å². The van der Waals surface area contributed by atoms with Gasteiger partial charge in [0.1, 0.15) is 16.6 Å². The lowest BCUT2D eigenvalue weighted by Crippen LogP contribution is -2.37. The molecule has 2 amide bonds. The molecule has 2 aliphatic heterocycles. The predicted octanol–water partition coefficient (Wildman–Crippen LogP) is 5.16. The average Bonchev–Trinajstić information content (AvgIpc) is 3.45. The van der Waals surface area contributed by atoms with Crippen molar-refractivity contribution in [2.75, 3.05) is 9.96 Å². The minimum Gasteiger partial charge on any atom is -0.379 e. The van der Waals surface area contributed by atoms with Crippen LogP contribution in [-0.2, 0) is 24.5 Å². The third kappa shape index (κ3) is 4.44. The molecule has 3 atom stereocenters. The summed E-state index contributed by atoms with van der Waals surface area (Å²) in [5, 5.41) is 1.86. The highest BCUT2D eigenvalue weighted by Gasteiger charge is 2.60. The Morgan fingerprint density at radius 2 is 1.38 bits per heavy atom. The molecule has 8 nitrogen and oxygen atoms in total. The molecular weight excluding hydrogens is 540 g/mol. The van der Waals surface area contributed by atoms with Crippen LogP contribution in [0.5, 0.6) is 5.75 Å². The molecule has 2 fully saturated rings. The Bertz CT molecular complexity index is 1670. The molecule has 39 heavy (non-hydrogen) atoms. The van der Waals surface area contributed by atoms with E-state index in [-0.39, 0.29) is 10.6 Å². The van der Waals surface area contributed by atoms with Gasteiger partial charge in [0.15, 0.2) is 6.10 Å². The van der Waals surface area contributed by atoms with Gasteiger partial charge in [-0.1, -0.05) is 72.3 Å². The first-order chi connectivity index (χ1) is 18.8. The van der Waals surface area contributed by atoms with Crippen LogP contribution in [0.3, 0.4) is 0 Å². The number of fused-ring (bicyclic) bond motifs is 1. The SMILES string of the molecule is O=C1[C@@H]2[C@@H](c3ccccc3OS(=O)(=O)c3ccccc3)N(c3ccccc3)O[C@H]2C(=O)N1c1cccc(Cl)c1. The smallest absolute Gasteiger partial charge is 0.339 e. The molecule has 0 unspecified atom stereocenters. The second-order valence-electron chi connectivity index (χ2n) is 9.04. The van der Waals surface area contributed by atoms with Gasteiger partial charge in [-0.3, -0.25) is 14.4 Å². The number of hydrogen-bond acceptors (Lipinski definition) is 7. The molecule has 0 aromatic heterocycles. The van der Waals surface area contributed by atoms with Gasteiger partial charge >= 0.3 is 10.1 Å². The van der Waals surface area contributed by atoms with Gasteiger partial charge in [-0.2, -0.15) is 8.42 Å². The topological polar surface area (TPSA) is 93.2 Å². The maximum absolute atomic E-state index is 13.9. The van der Waals surface area contributed by atoms with Crippen LogP contribution >= 0.6 is 11.6 Å². The molecule has 0 aliphatic carbocycles. The molecule has 2 heterocycles. The Labute approximate surface area is 230 Å². The summed E-state index contributed by atoms with van der Waals surface area (Å²) in [5.41, 5.74) is 1.30. The van der Waals surface area contributed by atoms with E-state index in [4.69, 9.17) is 20.6 Å². The monoisotopic (exact) mass is 560 g/mol. The molecule has 0 radical (unpaired) electrons. The van der Waals surface area contributed by atoms with E-state index in [1.54, 1.807) is 78.9 Å². The lowest BCUT2D eigenvalue weighted by atomic mass is 9.90. The number of carbonyl (C=O) groups excluding carboxylic acids is 2. The normalized spacial score (nSPS) is 20.8. The number of halogens is 1. The van der Waals surface area contributed by atoms with Crippen molar-refractivity contribution < 1.29 is 27.0 Å². The van der Waals surface area contributed by atoms with Gasteiger partial charge in [0, 0.05) is 10.6 Å². The Kier molecular flexibility index (Phi) is 6.34. The van der Waals surface area contributed by atoms with E-state index in [2.05, 4.69) is 0 Å². The standard InChI is InChI=1S/C29H21ClN2O6S/c30-19-10-9-13-21(18-19)31-28(33)25-26(32(37-27(25)29(31)34)20-11-3-1-4-12-20)23-16-7-8-17-24(23)38-39(35,36)22-14-5-2-6-15-22/h1-18,25-27H/t25-,26-,27-/m1/s1. The van der Waals surface area contributed by atoms with Gasteiger partial charge in [0.25, 0.3) is 5.91 Å². The summed E-state index contributed by atoms with van der Waals surface area (Å²) >= 11 is 6.14. The van der Waals surface area contributed by atoms with Gasteiger partial charge in [-0.25, -0.2) is 9.96 Å². The molecule has 4 aromatic carbocycles. The number of rotatable bonds is 6. The molecule has 0 saturated carbocycles. The van der Waals surface area contributed by atoms with Crippen molar-refractivity contribution in [2.24, 2.45) is 5.92 Å². The lowest BCUT2D eigenvalue weighted by Gasteiger charge is -2.29. The maximum Gasteiger partial charge on any atom is 0.339 e. The van der Waals surface area contributed by atoms with Crippen molar-refractivity contribution >= 4 is 44.9 Å². The first-order valence-electron chi connectivity index (χ1n) is 12.1. The molecule has 0 spiro atoms. The molecule has 0 bridgehead atoms. The largest absolute Gasteiger partial charge is 0.379 e. The van der Waals surface area contributed by atoms with E-state index in [9.17, 15) is 18.0 Å². The fourth-order valence-electron chi connectivity index (χ4n) is 4.95. The van der Waals surface area contributed by atoms with Gasteiger partial charge in [-0.05, 0) is 48.5 Å². The number of nitrogens with zero attached hydrogens (tertiary/aromatic N) is 2. The summed E-state index contributed by atoms with van der Waals surface area (Å²) in [6.45, 7) is 0. The number of hydrogen-bond donors (Lipinski definition) is 0. The molecule has 10 heteroatoms. The molecule has 2 saturated heterocycles. The van der Waals surface area contributed by atoms with Crippen LogP contribution in [-0.4, -0.2) is 26.3 Å². The predicted molar refractivity (Wildman–Crippen MR) is 145 cm³/mol. The third-order valence-electron chi connectivity index (χ3n) is 6.66. The van der Waals surface area contributed by atoms with Crippen molar-refractivity contribution in [3.05, 3.63) is 120 Å². The highest BCUT2D eigenvalue weighted by atomic mass is 35.5. The van der Waals surface area contributed by atoms with Crippen molar-refractivity contribution in [3.8, 4) is 5.75 Å². The fourth-order valence-corrected chi connectivity index (χ4v) is 6.11. The van der Waals surface area contributed by atoms with Crippen LogP contribution in [0.1, 0.15) is 11.6 Å². The lowest BCUT2D eigenvalue weighted by molar-refractivity contribution is -0.126. The van der Waals surface area contributed by atoms with Crippen LogP contribution in [0.4, 0.5) is 11.4 Å². The highest BCUT2D eigenvalue weighted by molar-refractivity contribution is 7.87. The summed E-state index contributed by atoms with van der Waals surface area (Å²) in [6, 6.07) is 28.9. The molecule has 0 N–H and O–H groups in total. The zero-order valence-electron chi connectivity index (χ0n) is 20.3. The maximum atomic E-state index is 13.9. The summed E-state index contributed by atoms with van der Waals surface area (Å²) in [4.78, 5) is 34.6. The zero-order valence-corrected chi connectivity index (χ0v) is 21.8. The minimum absolute atomic E-state index is 0.0143. The second-order valence-corrected chi connectivity index (χ2v) is 11.0. The van der Waals surface area contributed by atoms with Crippen molar-refractivity contribution in [1.29, 1.82) is 0 Å². The number of imide groups is 1. The summed E-state index contributed by atoms with van der Waals surface area (Å²) < 4.78 is 31.9. The van der Waals surface area contributed by atoms with Crippen LogP contribution in [0.2, 0.25) is 5.02 Å². The first-order valence-corrected chi connectivity index (χ1v) is 13.9. The number of para-hydroxylation sites is 2. The molecule has 196 valence electrons. The second kappa shape index (κ2) is 9.85. The van der Waals surface area contributed by atoms with Crippen molar-refractivity contribution in [3.63, 3.8) is 0 Å². The van der Waals surface area contributed by atoms with E-state index < -0.39 is 40.0 Å². The zero-order chi connectivity index (χ0) is 27.1. The van der Waals surface area contributed by atoms with E-state index in [1.807, 2.05) is 6.07 Å². The Balaban J connectivity index is 1.45. The molecule has 6 rings (SSSR count). The number of benzene rings is 4. The number of amides is 2.